The Hall–Kier alpha value is -1.53. The molecule has 0 aliphatic carbocycles. The Morgan fingerprint density at radius 3 is 2.71 bits per heavy atom. The first kappa shape index (κ1) is 11.9. The second kappa shape index (κ2) is 5.70. The van der Waals surface area contributed by atoms with E-state index in [2.05, 4.69) is 29.2 Å². The normalized spacial score (nSPS) is 23.3. The van der Waals surface area contributed by atoms with Crippen LogP contribution in [0.4, 0.5) is 0 Å². The van der Waals surface area contributed by atoms with Gasteiger partial charge in [0.1, 0.15) is 5.75 Å². The molecule has 0 unspecified atom stereocenters. The fourth-order valence-corrected chi connectivity index (χ4v) is 2.27. The average Bonchev–Trinajstić information content (AvgIpc) is 2.74. The van der Waals surface area contributed by atoms with Crippen molar-refractivity contribution < 1.29 is 4.74 Å². The molecule has 2 rings (SSSR count). The van der Waals surface area contributed by atoms with Crippen molar-refractivity contribution in [2.24, 2.45) is 11.8 Å². The van der Waals surface area contributed by atoms with Crippen LogP contribution in [0, 0.1) is 18.4 Å². The van der Waals surface area contributed by atoms with E-state index >= 15 is 0 Å². The quantitative estimate of drug-likeness (QED) is 0.803. The maximum Gasteiger partial charge on any atom is 0.357 e. The fourth-order valence-electron chi connectivity index (χ4n) is 2.27. The van der Waals surface area contributed by atoms with Gasteiger partial charge in [0.05, 0.1) is 0 Å². The number of nitrogens with zero attached hydrogens (tertiary/aromatic N) is 1. The second-order valence-electron chi connectivity index (χ2n) is 4.68. The Morgan fingerprint density at radius 2 is 2.12 bits per heavy atom. The van der Waals surface area contributed by atoms with Crippen LogP contribution in [0.25, 0.3) is 4.85 Å². The smallest absolute Gasteiger partial charge is 0.357 e. The lowest BCUT2D eigenvalue weighted by atomic mass is 9.91. The van der Waals surface area contributed by atoms with Crippen molar-refractivity contribution in [3.8, 4) is 5.75 Å². The molecule has 0 aromatic heterocycles. The van der Waals surface area contributed by atoms with Gasteiger partial charge in [-0.15, -0.1) is 0 Å². The number of ether oxygens (including phenoxy) is 1. The third-order valence-electron chi connectivity index (χ3n) is 3.39. The summed E-state index contributed by atoms with van der Waals surface area (Å²) in [5.41, 5.74) is 1.35. The maximum absolute atomic E-state index is 6.66. The van der Waals surface area contributed by atoms with Crippen molar-refractivity contribution in [2.45, 2.75) is 13.3 Å². The van der Waals surface area contributed by atoms with Crippen molar-refractivity contribution >= 4 is 0 Å². The first-order chi connectivity index (χ1) is 8.29. The van der Waals surface area contributed by atoms with Gasteiger partial charge in [0.15, 0.2) is 0 Å². The molecule has 17 heavy (non-hydrogen) atoms. The van der Waals surface area contributed by atoms with Crippen LogP contribution in [0.2, 0.25) is 0 Å². The Labute approximate surface area is 103 Å². The minimum atomic E-state index is 0.100. The predicted molar refractivity (Wildman–Crippen MR) is 67.8 cm³/mol. The van der Waals surface area contributed by atoms with Crippen molar-refractivity contribution in [1.29, 1.82) is 0 Å². The topological polar surface area (TPSA) is 25.6 Å². The minimum Gasteiger partial charge on any atom is -0.426 e. The van der Waals surface area contributed by atoms with Gasteiger partial charge in [0.25, 0.3) is 0 Å². The third-order valence-corrected chi connectivity index (χ3v) is 3.39. The monoisotopic (exact) mass is 230 g/mol. The highest BCUT2D eigenvalue weighted by atomic mass is 16.5. The number of hydrogen-bond acceptors (Lipinski definition) is 2. The number of rotatable bonds is 4. The molecule has 2 atom stereocenters. The third kappa shape index (κ3) is 3.21. The molecule has 3 heteroatoms. The van der Waals surface area contributed by atoms with Crippen LogP contribution < -0.4 is 10.1 Å². The van der Waals surface area contributed by atoms with Crippen LogP contribution in [0.5, 0.6) is 5.75 Å². The second-order valence-corrected chi connectivity index (χ2v) is 4.68. The largest absolute Gasteiger partial charge is 0.426 e. The Bertz CT molecular complexity index is 394. The molecule has 1 heterocycles. The zero-order valence-electron chi connectivity index (χ0n) is 10.1. The summed E-state index contributed by atoms with van der Waals surface area (Å²) in [5.74, 6) is 2.28. The minimum absolute atomic E-state index is 0.100. The summed E-state index contributed by atoms with van der Waals surface area (Å²) in [6.45, 7) is 11.3. The van der Waals surface area contributed by atoms with Gasteiger partial charge < -0.3 is 10.1 Å². The highest BCUT2D eigenvalue weighted by Gasteiger charge is 2.22. The number of hydrogen-bond donors (Lipinski definition) is 1. The van der Waals surface area contributed by atoms with E-state index in [0.717, 1.165) is 37.1 Å². The molecule has 1 saturated heterocycles. The molecule has 1 aromatic carbocycles. The molecule has 0 radical (unpaired) electrons. The van der Waals surface area contributed by atoms with Crippen molar-refractivity contribution in [3.05, 3.63) is 41.2 Å². The molecular formula is C14H18N2O. The molecule has 0 amide bonds. The van der Waals surface area contributed by atoms with Crippen LogP contribution in [0.15, 0.2) is 24.3 Å². The summed E-state index contributed by atoms with van der Waals surface area (Å²) in [7, 11) is 0. The van der Waals surface area contributed by atoms with Crippen LogP contribution >= 0.6 is 0 Å². The van der Waals surface area contributed by atoms with Gasteiger partial charge in [0.2, 0.25) is 0 Å². The Morgan fingerprint density at radius 1 is 1.35 bits per heavy atom. The van der Waals surface area contributed by atoms with Crippen molar-refractivity contribution in [2.75, 3.05) is 19.8 Å². The van der Waals surface area contributed by atoms with Gasteiger partial charge in [-0.2, -0.15) is 0 Å². The lowest BCUT2D eigenvalue weighted by Gasteiger charge is -2.14. The molecule has 1 aromatic rings. The van der Waals surface area contributed by atoms with E-state index < -0.39 is 0 Å². The van der Waals surface area contributed by atoms with E-state index in [4.69, 9.17) is 11.3 Å². The van der Waals surface area contributed by atoms with Gasteiger partial charge >= 0.3 is 6.73 Å². The lowest BCUT2D eigenvalue weighted by Crippen LogP contribution is -2.12. The Balaban J connectivity index is 1.91. The fraction of sp³-hybridized carbons (Fsp3) is 0.500. The molecule has 1 aliphatic heterocycles. The average molecular weight is 230 g/mol. The van der Waals surface area contributed by atoms with Gasteiger partial charge in [-0.25, -0.2) is 6.57 Å². The van der Waals surface area contributed by atoms with Crippen LogP contribution in [-0.2, 0) is 6.42 Å². The van der Waals surface area contributed by atoms with E-state index in [1.807, 2.05) is 12.1 Å². The van der Waals surface area contributed by atoms with E-state index in [0.29, 0.717) is 0 Å². The van der Waals surface area contributed by atoms with E-state index in [1.165, 1.54) is 5.56 Å². The van der Waals surface area contributed by atoms with Crippen LogP contribution in [0.1, 0.15) is 12.5 Å². The summed E-state index contributed by atoms with van der Waals surface area (Å²) in [6.07, 6.45) is 1.12. The summed E-state index contributed by atoms with van der Waals surface area (Å²) in [4.78, 5) is 3.17. The van der Waals surface area contributed by atoms with Gasteiger partial charge in [-0.05, 0) is 49.0 Å². The molecule has 1 N–H and O–H groups in total. The molecule has 1 fully saturated rings. The molecule has 0 spiro atoms. The standard InChI is InChI=1S/C14H18N2O/c1-11-8-16-9-13(11)7-12-3-5-14(6-4-12)17-10-15-2/h3-6,11,13,16H,7-10H2,1H3/t11-,13+/m0/s1. The first-order valence-corrected chi connectivity index (χ1v) is 6.05. The molecule has 90 valence electrons. The summed E-state index contributed by atoms with van der Waals surface area (Å²) < 4.78 is 5.23. The summed E-state index contributed by atoms with van der Waals surface area (Å²) >= 11 is 0. The molecule has 0 saturated carbocycles. The van der Waals surface area contributed by atoms with Gasteiger partial charge in [0, 0.05) is 0 Å². The van der Waals surface area contributed by atoms with Gasteiger partial charge in [-0.1, -0.05) is 19.1 Å². The summed E-state index contributed by atoms with van der Waals surface area (Å²) in [6, 6.07) is 8.11. The molecular weight excluding hydrogens is 212 g/mol. The predicted octanol–water partition coefficient (Wildman–Crippen LogP) is 2.34. The van der Waals surface area contributed by atoms with Crippen molar-refractivity contribution in [1.82, 2.24) is 5.32 Å². The molecule has 3 nitrogen and oxygen atoms in total. The summed E-state index contributed by atoms with van der Waals surface area (Å²) in [5, 5.41) is 3.42. The van der Waals surface area contributed by atoms with Crippen LogP contribution in [-0.4, -0.2) is 19.8 Å². The van der Waals surface area contributed by atoms with Crippen LogP contribution in [0.3, 0.4) is 0 Å². The number of nitrogens with one attached hydrogen (secondary N) is 1. The lowest BCUT2D eigenvalue weighted by molar-refractivity contribution is 0.361. The zero-order chi connectivity index (χ0) is 12.1. The first-order valence-electron chi connectivity index (χ1n) is 6.05. The highest BCUT2D eigenvalue weighted by molar-refractivity contribution is 5.27. The van der Waals surface area contributed by atoms with Crippen molar-refractivity contribution in [3.63, 3.8) is 0 Å². The maximum atomic E-state index is 6.66. The van der Waals surface area contributed by atoms with E-state index in [1.54, 1.807) is 0 Å². The zero-order valence-corrected chi connectivity index (χ0v) is 10.1. The number of benzene rings is 1. The molecule has 0 bridgehead atoms. The van der Waals surface area contributed by atoms with E-state index in [9.17, 15) is 0 Å². The Kier molecular flexibility index (Phi) is 4.00. The SMILES string of the molecule is [C-]#[N+]COc1ccc(C[C@@H]2CNC[C@@H]2C)cc1. The van der Waals surface area contributed by atoms with Gasteiger partial charge in [-0.3, -0.25) is 4.85 Å². The highest BCUT2D eigenvalue weighted by Crippen LogP contribution is 2.22. The molecule has 1 aliphatic rings. The van der Waals surface area contributed by atoms with E-state index in [-0.39, 0.29) is 6.73 Å².